The molecule has 0 atom stereocenters. The highest BCUT2D eigenvalue weighted by molar-refractivity contribution is 6.31. The molecule has 0 saturated carbocycles. The first-order valence-electron chi connectivity index (χ1n) is 9.76. The number of fused-ring (bicyclic) bond motifs is 1. The number of benzene rings is 1. The lowest BCUT2D eigenvalue weighted by molar-refractivity contribution is 0.0940. The van der Waals surface area contributed by atoms with E-state index in [1.54, 1.807) is 6.20 Å². The van der Waals surface area contributed by atoms with E-state index in [1.165, 1.54) is 4.68 Å². The fraction of sp³-hybridized carbons (Fsp3) is 0.227. The molecule has 3 aromatic heterocycles. The van der Waals surface area contributed by atoms with Crippen molar-refractivity contribution in [3.05, 3.63) is 75.5 Å². The van der Waals surface area contributed by atoms with Gasteiger partial charge in [-0.2, -0.15) is 4.98 Å². The third kappa shape index (κ3) is 4.49. The van der Waals surface area contributed by atoms with Crippen molar-refractivity contribution in [3.63, 3.8) is 0 Å². The lowest BCUT2D eigenvalue weighted by Crippen LogP contribution is -2.25. The van der Waals surface area contributed by atoms with E-state index in [4.69, 9.17) is 17.3 Å². The Labute approximate surface area is 184 Å². The van der Waals surface area contributed by atoms with Crippen LogP contribution in [0.2, 0.25) is 5.02 Å². The fourth-order valence-corrected chi connectivity index (χ4v) is 3.72. The topological polar surface area (TPSA) is 112 Å². The van der Waals surface area contributed by atoms with Crippen LogP contribution >= 0.6 is 11.6 Å². The molecule has 3 N–H and O–H groups in total. The Hall–Kier alpha value is -3.52. The van der Waals surface area contributed by atoms with Gasteiger partial charge in [-0.15, -0.1) is 5.10 Å². The van der Waals surface area contributed by atoms with Crippen LogP contribution in [0.25, 0.3) is 10.9 Å². The van der Waals surface area contributed by atoms with E-state index in [-0.39, 0.29) is 17.7 Å². The summed E-state index contributed by atoms with van der Waals surface area (Å²) >= 11 is 6.04. The number of nitrogen functional groups attached to an aromatic ring is 1. The van der Waals surface area contributed by atoms with E-state index in [0.29, 0.717) is 18.1 Å². The molecular formula is C22H22ClN7O. The maximum absolute atomic E-state index is 12.6. The predicted molar refractivity (Wildman–Crippen MR) is 120 cm³/mol. The second-order valence-corrected chi connectivity index (χ2v) is 7.90. The van der Waals surface area contributed by atoms with Crippen LogP contribution in [0, 0.1) is 20.8 Å². The average Bonchev–Trinajstić information content (AvgIpc) is 3.07. The van der Waals surface area contributed by atoms with Crippen molar-refractivity contribution in [2.24, 2.45) is 0 Å². The Kier molecular flexibility index (Phi) is 5.56. The number of nitrogens with zero attached hydrogens (tertiary/aromatic N) is 5. The second kappa shape index (κ2) is 8.31. The van der Waals surface area contributed by atoms with Crippen molar-refractivity contribution >= 4 is 34.4 Å². The number of aryl methyl sites for hydroxylation is 3. The number of anilines is 1. The number of halogens is 1. The Balaban J connectivity index is 1.49. The molecular weight excluding hydrogens is 414 g/mol. The Bertz CT molecular complexity index is 1280. The number of aromatic nitrogens is 5. The minimum atomic E-state index is -0.390. The van der Waals surface area contributed by atoms with E-state index < -0.39 is 0 Å². The summed E-state index contributed by atoms with van der Waals surface area (Å²) in [7, 11) is 0. The number of hydrogen-bond donors (Lipinski definition) is 2. The molecule has 4 aromatic rings. The number of pyridine rings is 2. The minimum Gasteiger partial charge on any atom is -0.368 e. The molecule has 1 aromatic carbocycles. The molecule has 0 aliphatic carbocycles. The van der Waals surface area contributed by atoms with Gasteiger partial charge in [-0.05, 0) is 61.7 Å². The van der Waals surface area contributed by atoms with Crippen molar-refractivity contribution in [2.75, 3.05) is 5.73 Å². The number of carbonyl (C=O) groups is 1. The number of hydrogen-bond acceptors (Lipinski definition) is 6. The molecule has 158 valence electrons. The molecule has 0 aliphatic heterocycles. The molecule has 9 heteroatoms. The third-order valence-electron chi connectivity index (χ3n) is 5.06. The van der Waals surface area contributed by atoms with E-state index in [9.17, 15) is 4.79 Å². The van der Waals surface area contributed by atoms with Gasteiger partial charge in [-0.3, -0.25) is 14.8 Å². The first kappa shape index (κ1) is 20.7. The second-order valence-electron chi connectivity index (χ2n) is 7.46. The molecule has 0 aliphatic rings. The summed E-state index contributed by atoms with van der Waals surface area (Å²) in [5.74, 6) is -0.198. The van der Waals surface area contributed by atoms with Crippen molar-refractivity contribution < 1.29 is 4.79 Å². The van der Waals surface area contributed by atoms with Crippen LogP contribution in [0.15, 0.2) is 36.5 Å². The zero-order valence-corrected chi connectivity index (χ0v) is 18.2. The molecule has 0 spiro atoms. The van der Waals surface area contributed by atoms with Gasteiger partial charge in [0.2, 0.25) is 11.8 Å². The summed E-state index contributed by atoms with van der Waals surface area (Å²) in [6, 6.07) is 9.64. The van der Waals surface area contributed by atoms with Gasteiger partial charge in [0.1, 0.15) is 0 Å². The van der Waals surface area contributed by atoms with Crippen LogP contribution in [0.3, 0.4) is 0 Å². The summed E-state index contributed by atoms with van der Waals surface area (Å²) in [6.07, 6.45) is 1.61. The number of carbonyl (C=O) groups excluding carboxylic acids is 1. The fourth-order valence-electron chi connectivity index (χ4n) is 3.56. The van der Waals surface area contributed by atoms with Crippen molar-refractivity contribution in [1.29, 1.82) is 0 Å². The largest absolute Gasteiger partial charge is 0.368 e. The summed E-state index contributed by atoms with van der Waals surface area (Å²) in [6.45, 7) is 6.59. The first-order valence-corrected chi connectivity index (χ1v) is 10.1. The van der Waals surface area contributed by atoms with Gasteiger partial charge in [0.15, 0.2) is 0 Å². The normalized spacial score (nSPS) is 11.1. The molecule has 0 bridgehead atoms. The molecule has 4 rings (SSSR count). The van der Waals surface area contributed by atoms with Crippen LogP contribution in [-0.2, 0) is 13.1 Å². The van der Waals surface area contributed by atoms with Crippen LogP contribution in [0.5, 0.6) is 0 Å². The van der Waals surface area contributed by atoms with Crippen LogP contribution in [-0.4, -0.2) is 30.6 Å². The highest BCUT2D eigenvalue weighted by Gasteiger charge is 2.16. The van der Waals surface area contributed by atoms with Gasteiger partial charge < -0.3 is 11.1 Å². The zero-order chi connectivity index (χ0) is 22.1. The monoisotopic (exact) mass is 435 g/mol. The predicted octanol–water partition coefficient (Wildman–Crippen LogP) is 3.36. The summed E-state index contributed by atoms with van der Waals surface area (Å²) in [5, 5.41) is 8.62. The van der Waals surface area contributed by atoms with Gasteiger partial charge in [0.25, 0.3) is 5.91 Å². The zero-order valence-electron chi connectivity index (χ0n) is 17.5. The molecule has 0 fully saturated rings. The number of nitrogens with two attached hydrogens (primary N) is 1. The van der Waals surface area contributed by atoms with Crippen LogP contribution < -0.4 is 11.1 Å². The molecule has 8 nitrogen and oxygen atoms in total. The molecule has 0 saturated heterocycles. The third-order valence-corrected chi connectivity index (χ3v) is 5.26. The maximum atomic E-state index is 12.6. The number of rotatable bonds is 5. The standard InChI is InChI=1S/C22H22ClN7O/c1-12-6-13(2)27-14(3)18(12)10-26-21(31)20-28-22(24)30(29-20)11-15-4-5-19-16(7-15)8-17(23)9-25-19/h4-9H,10-11H2,1-3H3,(H,26,31)(H2,24,28,29). The van der Waals surface area contributed by atoms with E-state index in [0.717, 1.165) is 39.0 Å². The van der Waals surface area contributed by atoms with Gasteiger partial charge in [0.05, 0.1) is 17.1 Å². The van der Waals surface area contributed by atoms with Gasteiger partial charge >= 0.3 is 0 Å². The first-order chi connectivity index (χ1) is 14.8. The Morgan fingerprint density at radius 1 is 1.16 bits per heavy atom. The van der Waals surface area contributed by atoms with Crippen molar-refractivity contribution in [3.8, 4) is 0 Å². The minimum absolute atomic E-state index is 0.0263. The smallest absolute Gasteiger partial charge is 0.291 e. The summed E-state index contributed by atoms with van der Waals surface area (Å²) < 4.78 is 1.50. The number of nitrogens with one attached hydrogen (secondary N) is 1. The molecule has 31 heavy (non-hydrogen) atoms. The maximum Gasteiger partial charge on any atom is 0.291 e. The van der Waals surface area contributed by atoms with Gasteiger partial charge in [-0.25, -0.2) is 4.68 Å². The van der Waals surface area contributed by atoms with Crippen LogP contribution in [0.4, 0.5) is 5.95 Å². The quantitative estimate of drug-likeness (QED) is 0.497. The summed E-state index contributed by atoms with van der Waals surface area (Å²) in [5.41, 5.74) is 11.7. The lowest BCUT2D eigenvalue weighted by atomic mass is 10.1. The van der Waals surface area contributed by atoms with Crippen molar-refractivity contribution in [2.45, 2.75) is 33.9 Å². The van der Waals surface area contributed by atoms with E-state index >= 15 is 0 Å². The highest BCUT2D eigenvalue weighted by atomic mass is 35.5. The molecule has 0 radical (unpaired) electrons. The Morgan fingerprint density at radius 3 is 2.74 bits per heavy atom. The molecule has 0 unspecified atom stereocenters. The van der Waals surface area contributed by atoms with Crippen molar-refractivity contribution in [1.82, 2.24) is 30.0 Å². The molecule has 1 amide bonds. The van der Waals surface area contributed by atoms with Gasteiger partial charge in [-0.1, -0.05) is 17.7 Å². The highest BCUT2D eigenvalue weighted by Crippen LogP contribution is 2.19. The molecule has 3 heterocycles. The summed E-state index contributed by atoms with van der Waals surface area (Å²) in [4.78, 5) is 25.5. The number of amides is 1. The van der Waals surface area contributed by atoms with E-state index in [2.05, 4.69) is 25.4 Å². The Morgan fingerprint density at radius 2 is 1.97 bits per heavy atom. The lowest BCUT2D eigenvalue weighted by Gasteiger charge is -2.10. The van der Waals surface area contributed by atoms with Gasteiger partial charge in [0, 0.05) is 29.5 Å². The SMILES string of the molecule is Cc1cc(C)c(CNC(=O)c2nc(N)n(Cc3ccc4ncc(Cl)cc4c3)n2)c(C)n1. The average molecular weight is 436 g/mol. The van der Waals surface area contributed by atoms with E-state index in [1.807, 2.05) is 51.1 Å². The van der Waals surface area contributed by atoms with Crippen LogP contribution in [0.1, 0.15) is 38.7 Å².